The van der Waals surface area contributed by atoms with Crippen LogP contribution in [0.4, 0.5) is 13.2 Å². The summed E-state index contributed by atoms with van der Waals surface area (Å²) >= 11 is 2.86. The molecule has 0 radical (unpaired) electrons. The van der Waals surface area contributed by atoms with Gasteiger partial charge in [-0.3, -0.25) is 0 Å². The van der Waals surface area contributed by atoms with Gasteiger partial charge in [0.15, 0.2) is 0 Å². The van der Waals surface area contributed by atoms with Crippen LogP contribution in [0.5, 0.6) is 0 Å². The molecule has 5 heteroatoms. The summed E-state index contributed by atoms with van der Waals surface area (Å²) in [5.41, 5.74) is 0. The number of hydrogen-bond donors (Lipinski definition) is 0. The number of halogens is 4. The van der Waals surface area contributed by atoms with E-state index in [4.69, 9.17) is 0 Å². The van der Waals surface area contributed by atoms with Crippen molar-refractivity contribution in [2.24, 2.45) is 0 Å². The average molecular weight is 219 g/mol. The number of alkyl halides is 3. The molecule has 0 rings (SSSR count). The van der Waals surface area contributed by atoms with Crippen molar-refractivity contribution in [1.29, 1.82) is 0 Å². The normalized spacial score (nSPS) is 11.6. The molecule has 0 aromatic rings. The zero-order valence-electron chi connectivity index (χ0n) is 5.04. The highest BCUT2D eigenvalue weighted by molar-refractivity contribution is 9.11. The molecule has 0 N–H and O–H groups in total. The van der Waals surface area contributed by atoms with Crippen molar-refractivity contribution >= 4 is 15.9 Å². The van der Waals surface area contributed by atoms with Crippen molar-refractivity contribution in [1.82, 2.24) is 0 Å². The fourth-order valence-corrected chi connectivity index (χ4v) is 0.439. The summed E-state index contributed by atoms with van der Waals surface area (Å²) in [6.45, 7) is 1.96. The van der Waals surface area contributed by atoms with E-state index < -0.39 is 12.8 Å². The van der Waals surface area contributed by atoms with Gasteiger partial charge in [-0.15, -0.1) is 0 Å². The highest BCUT2D eigenvalue weighted by Gasteiger charge is 2.27. The summed E-state index contributed by atoms with van der Waals surface area (Å²) in [5.74, 6) is 0. The number of rotatable bonds is 3. The van der Waals surface area contributed by atoms with E-state index in [0.717, 1.165) is 0 Å². The molecule has 60 valence electrons. The summed E-state index contributed by atoms with van der Waals surface area (Å²) in [6.07, 6.45) is -4.25. The van der Waals surface area contributed by atoms with Crippen molar-refractivity contribution in [2.45, 2.75) is 6.18 Å². The van der Waals surface area contributed by atoms with Crippen molar-refractivity contribution in [2.75, 3.05) is 13.2 Å². The molecular formula is C5H6BrF3O. The fraction of sp³-hybridized carbons (Fsp3) is 0.600. The molecule has 0 atom stereocenters. The first-order valence-corrected chi connectivity index (χ1v) is 3.19. The highest BCUT2D eigenvalue weighted by Crippen LogP contribution is 2.15. The Labute approximate surface area is 65.0 Å². The van der Waals surface area contributed by atoms with E-state index in [2.05, 4.69) is 27.2 Å². The van der Waals surface area contributed by atoms with Crippen LogP contribution in [0.2, 0.25) is 0 Å². The van der Waals surface area contributed by atoms with Crippen LogP contribution in [0, 0.1) is 0 Å². The first kappa shape index (κ1) is 9.97. The molecule has 0 aromatic heterocycles. The SMILES string of the molecule is C=C(Br)COCC(F)(F)F. The predicted octanol–water partition coefficient (Wildman–Crippen LogP) is 2.47. The summed E-state index contributed by atoms with van der Waals surface area (Å²) in [5, 5.41) is 0. The van der Waals surface area contributed by atoms with Crippen LogP contribution in [-0.2, 0) is 4.74 Å². The van der Waals surface area contributed by atoms with Crippen molar-refractivity contribution in [3.05, 3.63) is 11.1 Å². The summed E-state index contributed by atoms with van der Waals surface area (Å²) in [4.78, 5) is 0. The van der Waals surface area contributed by atoms with Gasteiger partial charge in [0.2, 0.25) is 0 Å². The van der Waals surface area contributed by atoms with E-state index in [1.54, 1.807) is 0 Å². The Morgan fingerprint density at radius 2 is 2.00 bits per heavy atom. The third kappa shape index (κ3) is 7.97. The molecule has 0 amide bonds. The van der Waals surface area contributed by atoms with Gasteiger partial charge in [-0.2, -0.15) is 13.2 Å². The monoisotopic (exact) mass is 218 g/mol. The van der Waals surface area contributed by atoms with Crippen LogP contribution < -0.4 is 0 Å². The summed E-state index contributed by atoms with van der Waals surface area (Å²) < 4.78 is 38.6. The smallest absolute Gasteiger partial charge is 0.367 e. The fourth-order valence-electron chi connectivity index (χ4n) is 0.278. The van der Waals surface area contributed by atoms with E-state index >= 15 is 0 Å². The predicted molar refractivity (Wildman–Crippen MR) is 34.9 cm³/mol. The zero-order valence-corrected chi connectivity index (χ0v) is 6.63. The van der Waals surface area contributed by atoms with Gasteiger partial charge in [-0.1, -0.05) is 22.5 Å². The van der Waals surface area contributed by atoms with Crippen LogP contribution in [0.25, 0.3) is 0 Å². The van der Waals surface area contributed by atoms with Gasteiger partial charge in [0.05, 0.1) is 6.61 Å². The summed E-state index contributed by atoms with van der Waals surface area (Å²) in [7, 11) is 0. The Morgan fingerprint density at radius 3 is 2.30 bits per heavy atom. The van der Waals surface area contributed by atoms with Crippen molar-refractivity contribution < 1.29 is 17.9 Å². The quantitative estimate of drug-likeness (QED) is 0.708. The third-order valence-electron chi connectivity index (χ3n) is 0.524. The van der Waals surface area contributed by atoms with Crippen LogP contribution in [0.15, 0.2) is 11.1 Å². The average Bonchev–Trinajstić information content (AvgIpc) is 1.59. The van der Waals surface area contributed by atoms with Crippen LogP contribution in [-0.4, -0.2) is 19.4 Å². The molecule has 0 aromatic carbocycles. The summed E-state index contributed by atoms with van der Waals surface area (Å²) in [6, 6.07) is 0. The molecule has 0 unspecified atom stereocenters. The Hall–Kier alpha value is -0.0300. The van der Waals surface area contributed by atoms with E-state index in [1.165, 1.54) is 0 Å². The largest absolute Gasteiger partial charge is 0.411 e. The lowest BCUT2D eigenvalue weighted by atomic mass is 10.6. The van der Waals surface area contributed by atoms with E-state index in [-0.39, 0.29) is 6.61 Å². The van der Waals surface area contributed by atoms with E-state index in [0.29, 0.717) is 4.48 Å². The molecule has 0 heterocycles. The van der Waals surface area contributed by atoms with Gasteiger partial charge in [-0.05, 0) is 0 Å². The first-order chi connectivity index (χ1) is 4.42. The van der Waals surface area contributed by atoms with Crippen molar-refractivity contribution in [3.8, 4) is 0 Å². The second-order valence-corrected chi connectivity index (χ2v) is 2.75. The molecule has 0 bridgehead atoms. The lowest BCUT2D eigenvalue weighted by Crippen LogP contribution is -2.17. The first-order valence-electron chi connectivity index (χ1n) is 2.39. The van der Waals surface area contributed by atoms with Gasteiger partial charge < -0.3 is 4.74 Å². The van der Waals surface area contributed by atoms with E-state index in [1.807, 2.05) is 0 Å². The number of ether oxygens (including phenoxy) is 1. The standard InChI is InChI=1S/C5H6BrF3O/c1-4(6)2-10-3-5(7,8)9/h1-3H2. The van der Waals surface area contributed by atoms with Crippen molar-refractivity contribution in [3.63, 3.8) is 0 Å². The van der Waals surface area contributed by atoms with Gasteiger partial charge >= 0.3 is 6.18 Å². The Balaban J connectivity index is 3.29. The van der Waals surface area contributed by atoms with Gasteiger partial charge in [0.25, 0.3) is 0 Å². The topological polar surface area (TPSA) is 9.23 Å². The third-order valence-corrected chi connectivity index (χ3v) is 0.753. The Kier molecular flexibility index (Phi) is 3.96. The molecule has 0 fully saturated rings. The Morgan fingerprint density at radius 1 is 1.50 bits per heavy atom. The maximum Gasteiger partial charge on any atom is 0.411 e. The molecular weight excluding hydrogens is 213 g/mol. The molecule has 0 aliphatic heterocycles. The Bertz CT molecular complexity index is 121. The maximum absolute atomic E-state index is 11.3. The van der Waals surface area contributed by atoms with Gasteiger partial charge in [0.1, 0.15) is 6.61 Å². The lowest BCUT2D eigenvalue weighted by molar-refractivity contribution is -0.171. The molecule has 0 spiro atoms. The highest BCUT2D eigenvalue weighted by atomic mass is 79.9. The van der Waals surface area contributed by atoms with Crippen LogP contribution in [0.3, 0.4) is 0 Å². The maximum atomic E-state index is 11.3. The number of hydrogen-bond acceptors (Lipinski definition) is 1. The van der Waals surface area contributed by atoms with E-state index in [9.17, 15) is 13.2 Å². The van der Waals surface area contributed by atoms with Gasteiger partial charge in [-0.25, -0.2) is 0 Å². The van der Waals surface area contributed by atoms with Crippen LogP contribution in [0.1, 0.15) is 0 Å². The zero-order chi connectivity index (χ0) is 8.20. The minimum Gasteiger partial charge on any atom is -0.367 e. The lowest BCUT2D eigenvalue weighted by Gasteiger charge is -2.05. The second kappa shape index (κ2) is 3.98. The second-order valence-electron chi connectivity index (χ2n) is 1.63. The molecule has 0 aliphatic rings. The minimum absolute atomic E-state index is 0.112. The molecule has 0 aliphatic carbocycles. The molecule has 1 nitrogen and oxygen atoms in total. The van der Waals surface area contributed by atoms with Crippen LogP contribution >= 0.6 is 15.9 Å². The molecule has 0 saturated carbocycles. The molecule has 10 heavy (non-hydrogen) atoms. The molecule has 0 saturated heterocycles. The van der Waals surface area contributed by atoms with Gasteiger partial charge in [0, 0.05) is 4.48 Å². The minimum atomic E-state index is -4.25.